The second-order valence-corrected chi connectivity index (χ2v) is 5.55. The fourth-order valence-electron chi connectivity index (χ4n) is 1.53. The first kappa shape index (κ1) is 12.4. The van der Waals surface area contributed by atoms with Gasteiger partial charge < -0.3 is 5.32 Å². The summed E-state index contributed by atoms with van der Waals surface area (Å²) in [6.07, 6.45) is 2.92. The average molecular weight is 266 g/mol. The fraction of sp³-hybridized carbons (Fsp3) is 0.333. The molecule has 1 amide bonds. The van der Waals surface area contributed by atoms with E-state index in [1.165, 1.54) is 28.7 Å². The van der Waals surface area contributed by atoms with Gasteiger partial charge in [0.15, 0.2) is 5.13 Å². The molecule has 0 aliphatic rings. The number of amides is 1. The molecular weight excluding hydrogens is 252 g/mol. The summed E-state index contributed by atoms with van der Waals surface area (Å²) >= 11 is 3.04. The number of anilines is 1. The van der Waals surface area contributed by atoms with Crippen molar-refractivity contribution in [3.63, 3.8) is 0 Å². The van der Waals surface area contributed by atoms with Gasteiger partial charge in [0, 0.05) is 0 Å². The van der Waals surface area contributed by atoms with Gasteiger partial charge in [-0.25, -0.2) is 4.98 Å². The van der Waals surface area contributed by atoms with Crippen LogP contribution in [-0.4, -0.2) is 22.9 Å². The number of aryl methyl sites for hydroxylation is 1. The molecule has 1 N–H and O–H groups in total. The number of nitrogens with one attached hydrogen (secondary N) is 1. The Morgan fingerprint density at radius 1 is 1.53 bits per heavy atom. The number of benzene rings is 1. The molecule has 0 unspecified atom stereocenters. The largest absolute Gasteiger partial charge is 0.301 e. The summed E-state index contributed by atoms with van der Waals surface area (Å²) in [5.41, 5.74) is 2.25. The van der Waals surface area contributed by atoms with Crippen molar-refractivity contribution in [2.24, 2.45) is 0 Å². The smallest absolute Gasteiger partial charge is 0.236 e. The first-order valence-corrected chi connectivity index (χ1v) is 7.62. The Hall–Kier alpha value is -1.07. The van der Waals surface area contributed by atoms with E-state index in [0.29, 0.717) is 10.9 Å². The number of fused-ring (bicyclic) bond motifs is 1. The molecule has 2 rings (SSSR count). The molecule has 0 bridgehead atoms. The number of thioether (sulfide) groups is 1. The monoisotopic (exact) mass is 266 g/mol. The van der Waals surface area contributed by atoms with E-state index in [-0.39, 0.29) is 5.91 Å². The average Bonchev–Trinajstić information content (AvgIpc) is 2.69. The van der Waals surface area contributed by atoms with Crippen molar-refractivity contribution in [1.82, 2.24) is 4.98 Å². The summed E-state index contributed by atoms with van der Waals surface area (Å²) in [6.45, 7) is 2.13. The lowest BCUT2D eigenvalue weighted by atomic mass is 10.2. The highest BCUT2D eigenvalue weighted by molar-refractivity contribution is 7.99. The molecule has 17 heavy (non-hydrogen) atoms. The molecule has 0 fully saturated rings. The quantitative estimate of drug-likeness (QED) is 0.924. The standard InChI is InChI=1S/C12H14N2OS2/c1-3-8-4-5-9-10(6-8)17-12(13-9)14-11(15)7-16-2/h4-6H,3,7H2,1-2H3,(H,13,14,15). The molecule has 0 saturated heterocycles. The van der Waals surface area contributed by atoms with Crippen molar-refractivity contribution in [3.8, 4) is 0 Å². The van der Waals surface area contributed by atoms with E-state index in [4.69, 9.17) is 0 Å². The highest BCUT2D eigenvalue weighted by atomic mass is 32.2. The van der Waals surface area contributed by atoms with Gasteiger partial charge in [0.1, 0.15) is 0 Å². The maximum atomic E-state index is 11.4. The Labute approximate surface area is 109 Å². The number of hydrogen-bond acceptors (Lipinski definition) is 4. The van der Waals surface area contributed by atoms with Crippen LogP contribution in [0, 0.1) is 0 Å². The van der Waals surface area contributed by atoms with Crippen molar-refractivity contribution in [2.45, 2.75) is 13.3 Å². The summed E-state index contributed by atoms with van der Waals surface area (Å²) in [5.74, 6) is 0.475. The number of thiazole rings is 1. The number of carbonyl (C=O) groups excluding carboxylic acids is 1. The summed E-state index contributed by atoms with van der Waals surface area (Å²) in [6, 6.07) is 6.22. The van der Waals surface area contributed by atoms with Crippen molar-refractivity contribution in [3.05, 3.63) is 23.8 Å². The molecule has 2 aromatic rings. The summed E-state index contributed by atoms with van der Waals surface area (Å²) in [5, 5.41) is 3.50. The van der Waals surface area contributed by atoms with Gasteiger partial charge >= 0.3 is 0 Å². The second-order valence-electron chi connectivity index (χ2n) is 3.66. The highest BCUT2D eigenvalue weighted by Gasteiger charge is 2.07. The summed E-state index contributed by atoms with van der Waals surface area (Å²) < 4.78 is 1.13. The normalized spacial score (nSPS) is 10.7. The highest BCUT2D eigenvalue weighted by Crippen LogP contribution is 2.26. The molecule has 1 aromatic heterocycles. The molecule has 1 aromatic carbocycles. The zero-order valence-electron chi connectivity index (χ0n) is 9.82. The molecule has 3 nitrogen and oxygen atoms in total. The second kappa shape index (κ2) is 5.51. The van der Waals surface area contributed by atoms with Gasteiger partial charge in [-0.05, 0) is 30.4 Å². The van der Waals surface area contributed by atoms with Gasteiger partial charge in [0.25, 0.3) is 0 Å². The molecular formula is C12H14N2OS2. The third-order valence-corrected chi connectivity index (χ3v) is 3.87. The van der Waals surface area contributed by atoms with Crippen molar-refractivity contribution in [1.29, 1.82) is 0 Å². The fourth-order valence-corrected chi connectivity index (χ4v) is 2.81. The van der Waals surface area contributed by atoms with Gasteiger partial charge in [-0.15, -0.1) is 0 Å². The molecule has 0 spiro atoms. The zero-order valence-corrected chi connectivity index (χ0v) is 11.5. The van der Waals surface area contributed by atoms with Crippen LogP contribution in [0.15, 0.2) is 18.2 Å². The van der Waals surface area contributed by atoms with Crippen LogP contribution in [-0.2, 0) is 11.2 Å². The third kappa shape index (κ3) is 2.98. The first-order valence-electron chi connectivity index (χ1n) is 5.41. The molecule has 5 heteroatoms. The van der Waals surface area contributed by atoms with Crippen LogP contribution >= 0.6 is 23.1 Å². The number of hydrogen-bond donors (Lipinski definition) is 1. The van der Waals surface area contributed by atoms with Crippen LogP contribution in [0.2, 0.25) is 0 Å². The molecule has 0 aliphatic carbocycles. The minimum absolute atomic E-state index is 0.00673. The van der Waals surface area contributed by atoms with E-state index in [1.54, 1.807) is 0 Å². The summed E-state index contributed by atoms with van der Waals surface area (Å²) in [4.78, 5) is 15.8. The minimum atomic E-state index is 0.00673. The van der Waals surface area contributed by atoms with Gasteiger partial charge in [-0.1, -0.05) is 24.3 Å². The first-order chi connectivity index (χ1) is 8.22. The number of nitrogens with zero attached hydrogens (tertiary/aromatic N) is 1. The lowest BCUT2D eigenvalue weighted by Gasteiger charge is -1.97. The molecule has 0 radical (unpaired) electrons. The van der Waals surface area contributed by atoms with Crippen molar-refractivity contribution < 1.29 is 4.79 Å². The van der Waals surface area contributed by atoms with Crippen LogP contribution in [0.1, 0.15) is 12.5 Å². The van der Waals surface area contributed by atoms with Crippen LogP contribution in [0.25, 0.3) is 10.2 Å². The van der Waals surface area contributed by atoms with E-state index in [2.05, 4.69) is 29.4 Å². The Bertz CT molecular complexity index is 536. The minimum Gasteiger partial charge on any atom is -0.301 e. The molecule has 90 valence electrons. The summed E-state index contributed by atoms with van der Waals surface area (Å²) in [7, 11) is 0. The number of rotatable bonds is 4. The van der Waals surface area contributed by atoms with E-state index < -0.39 is 0 Å². The third-order valence-electron chi connectivity index (χ3n) is 2.38. The van der Waals surface area contributed by atoms with Crippen LogP contribution in [0.4, 0.5) is 5.13 Å². The van der Waals surface area contributed by atoms with Gasteiger partial charge in [-0.3, -0.25) is 4.79 Å². The number of aromatic nitrogens is 1. The predicted molar refractivity (Wildman–Crippen MR) is 76.0 cm³/mol. The van der Waals surface area contributed by atoms with Crippen molar-refractivity contribution >= 4 is 44.4 Å². The SMILES string of the molecule is CCc1ccc2nc(NC(=O)CSC)sc2c1. The topological polar surface area (TPSA) is 42.0 Å². The lowest BCUT2D eigenvalue weighted by molar-refractivity contribution is -0.113. The van der Waals surface area contributed by atoms with E-state index in [1.807, 2.05) is 12.3 Å². The van der Waals surface area contributed by atoms with Crippen LogP contribution < -0.4 is 5.32 Å². The Morgan fingerprint density at radius 2 is 2.35 bits per heavy atom. The Kier molecular flexibility index (Phi) is 4.02. The Morgan fingerprint density at radius 3 is 3.06 bits per heavy atom. The maximum absolute atomic E-state index is 11.4. The van der Waals surface area contributed by atoms with Gasteiger partial charge in [0.05, 0.1) is 16.0 Å². The number of carbonyl (C=O) groups is 1. The maximum Gasteiger partial charge on any atom is 0.236 e. The van der Waals surface area contributed by atoms with Crippen LogP contribution in [0.5, 0.6) is 0 Å². The molecule has 0 aliphatic heterocycles. The van der Waals surface area contributed by atoms with E-state index in [9.17, 15) is 4.79 Å². The van der Waals surface area contributed by atoms with E-state index >= 15 is 0 Å². The Balaban J connectivity index is 2.22. The van der Waals surface area contributed by atoms with Gasteiger partial charge in [0.2, 0.25) is 5.91 Å². The lowest BCUT2D eigenvalue weighted by Crippen LogP contribution is -2.13. The molecule has 1 heterocycles. The molecule has 0 saturated carbocycles. The zero-order chi connectivity index (χ0) is 12.3. The molecule has 0 atom stereocenters. The van der Waals surface area contributed by atoms with Gasteiger partial charge in [-0.2, -0.15) is 11.8 Å². The predicted octanol–water partition coefficient (Wildman–Crippen LogP) is 3.16. The van der Waals surface area contributed by atoms with Crippen LogP contribution in [0.3, 0.4) is 0 Å². The van der Waals surface area contributed by atoms with Crippen molar-refractivity contribution in [2.75, 3.05) is 17.3 Å². The van der Waals surface area contributed by atoms with E-state index in [0.717, 1.165) is 16.6 Å².